The maximum Gasteiger partial charge on any atom is 0.230 e. The average molecular weight is 310 g/mol. The zero-order chi connectivity index (χ0) is 15.4. The molecule has 2 aliphatic carbocycles. The van der Waals surface area contributed by atoms with Gasteiger partial charge in [-0.25, -0.2) is 0 Å². The van der Waals surface area contributed by atoms with E-state index >= 15 is 0 Å². The molecule has 3 unspecified atom stereocenters. The highest BCUT2D eigenvalue weighted by Gasteiger charge is 2.61. The quantitative estimate of drug-likeness (QED) is 0.920. The lowest BCUT2D eigenvalue weighted by atomic mass is 9.95. The number of hydrogen-bond donors (Lipinski definition) is 1. The predicted octanol–water partition coefficient (Wildman–Crippen LogP) is 2.02. The third kappa shape index (κ3) is 2.00. The van der Waals surface area contributed by atoms with Gasteiger partial charge in [0.15, 0.2) is 5.82 Å². The molecule has 2 aromatic rings. The Bertz CT molecular complexity index is 742. The minimum atomic E-state index is 0.229. The summed E-state index contributed by atoms with van der Waals surface area (Å²) in [6.07, 6.45) is 3.56. The van der Waals surface area contributed by atoms with Crippen LogP contribution in [0.15, 0.2) is 28.8 Å². The second kappa shape index (κ2) is 4.89. The number of rotatable bonds is 2. The Morgan fingerprint density at radius 3 is 3.17 bits per heavy atom. The van der Waals surface area contributed by atoms with Crippen molar-refractivity contribution < 1.29 is 4.52 Å². The topological polar surface area (TPSA) is 54.2 Å². The second-order valence-corrected chi connectivity index (χ2v) is 7.26. The van der Waals surface area contributed by atoms with E-state index in [1.165, 1.54) is 24.0 Å². The van der Waals surface area contributed by atoms with Gasteiger partial charge in [0, 0.05) is 31.0 Å². The van der Waals surface area contributed by atoms with Crippen molar-refractivity contribution in [1.29, 1.82) is 0 Å². The van der Waals surface area contributed by atoms with Gasteiger partial charge in [-0.2, -0.15) is 4.98 Å². The van der Waals surface area contributed by atoms with E-state index in [0.29, 0.717) is 5.92 Å². The maximum absolute atomic E-state index is 5.68. The normalized spacial score (nSPS) is 33.1. The van der Waals surface area contributed by atoms with Gasteiger partial charge < -0.3 is 9.84 Å². The molecule has 0 bridgehead atoms. The van der Waals surface area contributed by atoms with Crippen molar-refractivity contribution in [2.75, 3.05) is 26.7 Å². The van der Waals surface area contributed by atoms with E-state index < -0.39 is 0 Å². The first kappa shape index (κ1) is 13.7. The van der Waals surface area contributed by atoms with Gasteiger partial charge in [-0.05, 0) is 37.4 Å². The van der Waals surface area contributed by atoms with E-state index in [-0.39, 0.29) is 11.5 Å². The zero-order valence-electron chi connectivity index (χ0n) is 13.5. The molecule has 23 heavy (non-hydrogen) atoms. The van der Waals surface area contributed by atoms with Crippen LogP contribution in [0.2, 0.25) is 0 Å². The molecule has 120 valence electrons. The lowest BCUT2D eigenvalue weighted by Gasteiger charge is -2.30. The molecule has 1 aliphatic heterocycles. The van der Waals surface area contributed by atoms with E-state index in [1.807, 2.05) is 0 Å². The first-order chi connectivity index (χ1) is 11.3. The van der Waals surface area contributed by atoms with Crippen molar-refractivity contribution >= 4 is 0 Å². The van der Waals surface area contributed by atoms with Crippen LogP contribution in [0.1, 0.15) is 47.6 Å². The summed E-state index contributed by atoms with van der Waals surface area (Å²) in [6.45, 7) is 2.95. The molecular formula is C18H22N4O. The summed E-state index contributed by atoms with van der Waals surface area (Å²) in [5.74, 6) is 2.09. The molecule has 5 rings (SSSR count). The molecule has 1 aromatic carbocycles. The van der Waals surface area contributed by atoms with Crippen LogP contribution in [0.5, 0.6) is 0 Å². The number of nitrogens with zero attached hydrogens (tertiary/aromatic N) is 3. The number of hydrogen-bond acceptors (Lipinski definition) is 5. The lowest BCUT2D eigenvalue weighted by molar-refractivity contribution is 0.190. The molecule has 0 amide bonds. The minimum absolute atomic E-state index is 0.229. The molecule has 1 saturated heterocycles. The van der Waals surface area contributed by atoms with Crippen molar-refractivity contribution in [2.24, 2.45) is 0 Å². The van der Waals surface area contributed by atoms with Gasteiger partial charge in [0.25, 0.3) is 0 Å². The number of nitrogens with one attached hydrogen (secondary N) is 1. The number of likely N-dealkylation sites (N-methyl/N-ethyl adjacent to an activating group) is 1. The Kier molecular flexibility index (Phi) is 2.91. The van der Waals surface area contributed by atoms with Crippen molar-refractivity contribution in [1.82, 2.24) is 20.4 Å². The molecule has 2 fully saturated rings. The van der Waals surface area contributed by atoms with E-state index in [2.05, 4.69) is 46.7 Å². The van der Waals surface area contributed by atoms with Crippen molar-refractivity contribution in [3.8, 4) is 0 Å². The van der Waals surface area contributed by atoms with Gasteiger partial charge in [0.05, 0.1) is 6.04 Å². The molecule has 2 heterocycles. The van der Waals surface area contributed by atoms with Gasteiger partial charge >= 0.3 is 0 Å². The Labute approximate surface area is 136 Å². The van der Waals surface area contributed by atoms with Crippen LogP contribution in [-0.4, -0.2) is 41.7 Å². The molecule has 1 aromatic heterocycles. The molecule has 1 saturated carbocycles. The van der Waals surface area contributed by atoms with E-state index in [1.54, 1.807) is 0 Å². The van der Waals surface area contributed by atoms with E-state index in [4.69, 9.17) is 9.51 Å². The van der Waals surface area contributed by atoms with Gasteiger partial charge in [0.2, 0.25) is 5.89 Å². The largest absolute Gasteiger partial charge is 0.339 e. The zero-order valence-corrected chi connectivity index (χ0v) is 13.5. The first-order valence-corrected chi connectivity index (χ1v) is 8.61. The molecule has 1 spiro atoms. The fraction of sp³-hybridized carbons (Fsp3) is 0.556. The van der Waals surface area contributed by atoms with Gasteiger partial charge in [-0.1, -0.05) is 29.4 Å². The van der Waals surface area contributed by atoms with Crippen LogP contribution in [-0.2, 0) is 11.8 Å². The van der Waals surface area contributed by atoms with Crippen LogP contribution in [0.4, 0.5) is 0 Å². The Hall–Kier alpha value is -1.72. The molecule has 5 nitrogen and oxygen atoms in total. The third-order valence-electron chi connectivity index (χ3n) is 6.03. The molecular weight excluding hydrogens is 288 g/mol. The number of piperazine rings is 1. The molecule has 3 atom stereocenters. The smallest absolute Gasteiger partial charge is 0.230 e. The van der Waals surface area contributed by atoms with Crippen LogP contribution in [0.3, 0.4) is 0 Å². The highest BCUT2D eigenvalue weighted by Crippen LogP contribution is 2.65. The highest BCUT2D eigenvalue weighted by atomic mass is 16.5. The average Bonchev–Trinajstić information content (AvgIpc) is 2.92. The van der Waals surface area contributed by atoms with Crippen LogP contribution < -0.4 is 5.32 Å². The summed E-state index contributed by atoms with van der Waals surface area (Å²) in [6, 6.07) is 9.08. The lowest BCUT2D eigenvalue weighted by Crippen LogP contribution is -2.44. The van der Waals surface area contributed by atoms with Gasteiger partial charge in [-0.15, -0.1) is 0 Å². The van der Waals surface area contributed by atoms with Crippen molar-refractivity contribution in [3.05, 3.63) is 47.1 Å². The van der Waals surface area contributed by atoms with Crippen LogP contribution in [0, 0.1) is 0 Å². The highest BCUT2D eigenvalue weighted by molar-refractivity contribution is 5.48. The Balaban J connectivity index is 1.41. The fourth-order valence-electron chi connectivity index (χ4n) is 4.54. The summed E-state index contributed by atoms with van der Waals surface area (Å²) in [4.78, 5) is 7.08. The predicted molar refractivity (Wildman–Crippen MR) is 86.3 cm³/mol. The van der Waals surface area contributed by atoms with E-state index in [0.717, 1.165) is 37.8 Å². The summed E-state index contributed by atoms with van der Waals surface area (Å²) in [5.41, 5.74) is 3.30. The summed E-state index contributed by atoms with van der Waals surface area (Å²) in [7, 11) is 2.13. The van der Waals surface area contributed by atoms with Gasteiger partial charge in [-0.3, -0.25) is 4.90 Å². The van der Waals surface area contributed by atoms with Crippen LogP contribution >= 0.6 is 0 Å². The number of fused-ring (bicyclic) bond motifs is 2. The Morgan fingerprint density at radius 1 is 1.35 bits per heavy atom. The maximum atomic E-state index is 5.68. The third-order valence-corrected chi connectivity index (χ3v) is 6.03. The van der Waals surface area contributed by atoms with Crippen molar-refractivity contribution in [2.45, 2.75) is 36.6 Å². The molecule has 5 heteroatoms. The van der Waals surface area contributed by atoms with Crippen molar-refractivity contribution in [3.63, 3.8) is 0 Å². The van der Waals surface area contributed by atoms with E-state index in [9.17, 15) is 0 Å². The second-order valence-electron chi connectivity index (χ2n) is 7.26. The molecule has 0 radical (unpaired) electrons. The summed E-state index contributed by atoms with van der Waals surface area (Å²) < 4.78 is 5.68. The van der Waals surface area contributed by atoms with Crippen LogP contribution in [0.25, 0.3) is 0 Å². The molecule has 1 N–H and O–H groups in total. The SMILES string of the molecule is CN1CCNCC1c1noc(C2CC23CCc2ccccc23)n1. The number of aryl methyl sites for hydroxylation is 1. The minimum Gasteiger partial charge on any atom is -0.339 e. The Morgan fingerprint density at radius 2 is 2.26 bits per heavy atom. The number of benzene rings is 1. The molecule has 3 aliphatic rings. The first-order valence-electron chi connectivity index (χ1n) is 8.61. The summed E-state index contributed by atoms with van der Waals surface area (Å²) in [5, 5.41) is 7.71. The fourth-order valence-corrected chi connectivity index (χ4v) is 4.54. The number of aromatic nitrogens is 2. The van der Waals surface area contributed by atoms with Gasteiger partial charge in [0.1, 0.15) is 0 Å². The monoisotopic (exact) mass is 310 g/mol. The summed E-state index contributed by atoms with van der Waals surface area (Å²) >= 11 is 0. The standard InChI is InChI=1S/C18H22N4O/c1-22-9-8-19-11-15(22)16-20-17(23-21-16)14-10-18(14)7-6-12-4-2-3-5-13(12)18/h2-5,14-15,19H,6-11H2,1H3.